The molecule has 0 atom stereocenters. The monoisotopic (exact) mass is 2550 g/mol. The van der Waals surface area contributed by atoms with E-state index in [1.165, 1.54) is 115 Å². The van der Waals surface area contributed by atoms with Gasteiger partial charge in [0, 0.05) is 198 Å². The molecule has 131 heavy (non-hydrogen) atoms. The molecule has 0 aliphatic heterocycles. The molecular formula is C107H139Br3ClI3N5NaO9Sn2. The van der Waals surface area contributed by atoms with E-state index in [-0.39, 0.29) is 47.4 Å². The molecule has 3 N–H and O–H groups in total. The van der Waals surface area contributed by atoms with Gasteiger partial charge in [-0.3, -0.25) is 9.59 Å². The molecule has 0 fully saturated rings. The second-order valence-corrected chi connectivity index (χ2v) is 53.5. The second-order valence-electron chi connectivity index (χ2n) is 32.2. The van der Waals surface area contributed by atoms with E-state index in [0.717, 1.165) is 103 Å². The minimum absolute atomic E-state index is 0. The number of phenols is 1. The number of halogens is 7. The van der Waals surface area contributed by atoms with E-state index in [1.807, 2.05) is 130 Å². The van der Waals surface area contributed by atoms with Gasteiger partial charge in [0.2, 0.25) is 0 Å². The van der Waals surface area contributed by atoms with Crippen LogP contribution in [-0.2, 0) is 12.5 Å². The second kappa shape index (κ2) is 70.8. The van der Waals surface area contributed by atoms with Crippen LogP contribution in [0, 0.1) is 10.5 Å². The van der Waals surface area contributed by atoms with Gasteiger partial charge in [-0.1, -0.05) is 90.3 Å². The minimum atomic E-state index is -0.839. The fourth-order valence-electron chi connectivity index (χ4n) is 12.9. The molecular weight excluding hydrogens is 2420 g/mol. The van der Waals surface area contributed by atoms with E-state index in [2.05, 4.69) is 321 Å². The molecule has 24 heteroatoms. The average Bonchev–Trinajstić information content (AvgIpc) is 1.68. The number of furan rings is 3. The van der Waals surface area contributed by atoms with Crippen molar-refractivity contribution in [3.63, 3.8) is 0 Å². The standard InChI is InChI=1S/C17H17NO.C16H16BrNO2.C16H14BrNO.C16H14INO.C9H12ClN.C7H5BrO2.6C4H9.C2H6O.I2.Na.H2O.2Sn/c1-12-4-5-14-11-17(19-16(14)10-12)13-6-8-15(9-7-13)18(2)3;1-18(2)15-7-3-12(4-8-15)11-20-16-9-14(17)6-5-13(16)10-19;2*1-18(2)14-7-4-11(5-8-14)15-9-12-3-6-13(17)10-16(12)19-15;1-11(2)9-5-3-8(7-10)4-6-9;8-6-2-1-5(4-9)7(10)3-6;6*1-3-4-2;1-2-3;1-2;;;;/h4-11H,1-3H3;3-10H,11H2,1-2H3;2*3-10H,1-2H3;3-6H,7H2,1-2H3;1-4,10H;6*1,3-4H2,2H3;3H,2H2,1H3;;;1H2;;/q;;;;;;;;;;;;;;+1;;;/p-1. The number of ether oxygens (including phenoxy) is 1. The molecule has 0 bridgehead atoms. The quantitative estimate of drug-likeness (QED) is 0.0177. The average molecular weight is 2560 g/mol. The maximum Gasteiger partial charge on any atom is 1.00 e. The number of aldehydes is 2. The summed E-state index contributed by atoms with van der Waals surface area (Å²) in [7, 11) is 20.3. The zero-order valence-corrected chi connectivity index (χ0v) is 100. The molecule has 0 aliphatic carbocycles. The normalized spacial score (nSPS) is 10.2. The first-order valence-corrected chi connectivity index (χ1v) is 67.0. The molecule has 0 saturated heterocycles. The molecule has 0 spiro atoms. The number of phenolic OH excluding ortho intramolecular Hbond substituents is 1. The van der Waals surface area contributed by atoms with E-state index >= 15 is 0 Å². The number of unbranched alkanes of at least 4 members (excludes halogenated alkanes) is 6. The number of aliphatic hydroxyl groups is 1. The summed E-state index contributed by atoms with van der Waals surface area (Å²) in [4.78, 5) is 31.5. The predicted molar refractivity (Wildman–Crippen MR) is 602 cm³/mol. The Bertz CT molecular complexity index is 4880. The number of carbonyl (C=O) groups excluding carboxylic acids is 2. The van der Waals surface area contributed by atoms with Gasteiger partial charge in [0.15, 0.2) is 12.6 Å². The van der Waals surface area contributed by atoms with Crippen molar-refractivity contribution in [2.75, 3.05) is 102 Å². The maximum atomic E-state index is 11.0. The van der Waals surface area contributed by atoms with Crippen LogP contribution in [0.4, 0.5) is 28.4 Å². The van der Waals surface area contributed by atoms with Crippen molar-refractivity contribution in [1.82, 2.24) is 0 Å². The number of fused-ring (bicyclic) bond motifs is 3. The van der Waals surface area contributed by atoms with Gasteiger partial charge in [-0.2, -0.15) is 0 Å². The van der Waals surface area contributed by atoms with Crippen LogP contribution >= 0.6 is 119 Å². The number of benzene rings is 10. The molecule has 10 aromatic carbocycles. The van der Waals surface area contributed by atoms with Gasteiger partial charge in [-0.25, -0.2) is 0 Å². The van der Waals surface area contributed by atoms with Crippen molar-refractivity contribution in [1.29, 1.82) is 0 Å². The van der Waals surface area contributed by atoms with Gasteiger partial charge in [-0.05, 0) is 241 Å². The van der Waals surface area contributed by atoms with Crippen LogP contribution < -0.4 is 58.8 Å². The molecule has 13 aromatic rings. The number of alkyl halides is 1. The fourth-order valence-corrected chi connectivity index (χ4v) is 33.5. The predicted octanol–water partition coefficient (Wildman–Crippen LogP) is 30.9. The summed E-state index contributed by atoms with van der Waals surface area (Å²) in [6.45, 7) is 18.4. The molecule has 0 saturated carbocycles. The largest absolute Gasteiger partial charge is 1.00 e. The first kappa shape index (κ1) is 122. The van der Waals surface area contributed by atoms with Crippen molar-refractivity contribution in [2.45, 2.75) is 172 Å². The van der Waals surface area contributed by atoms with Gasteiger partial charge in [0.1, 0.15) is 52.1 Å². The number of aliphatic hydroxyl groups excluding tert-OH is 1. The molecule has 2 radical (unpaired) electrons. The molecule has 0 unspecified atom stereocenters. The van der Waals surface area contributed by atoms with Crippen molar-refractivity contribution in [3.05, 3.63) is 275 Å². The number of aryl methyl sites for hydroxylation is 1. The van der Waals surface area contributed by atoms with Gasteiger partial charge >= 0.3 is 214 Å². The van der Waals surface area contributed by atoms with Crippen LogP contribution in [-0.4, -0.2) is 145 Å². The van der Waals surface area contributed by atoms with Gasteiger partial charge in [0.25, 0.3) is 0 Å². The van der Waals surface area contributed by atoms with Crippen LogP contribution in [0.3, 0.4) is 0 Å². The topological polar surface area (TPSA) is 169 Å². The Balaban J connectivity index is 0.000000507. The van der Waals surface area contributed by atoms with E-state index in [1.54, 1.807) is 57.8 Å². The van der Waals surface area contributed by atoms with E-state index in [4.69, 9.17) is 39.8 Å². The smallest absolute Gasteiger partial charge is 0.870 e. The van der Waals surface area contributed by atoms with E-state index in [9.17, 15) is 9.59 Å². The first-order chi connectivity index (χ1) is 62.1. The Hall–Kier alpha value is -4.80. The number of anilines is 5. The Morgan fingerprint density at radius 1 is 0.389 bits per heavy atom. The summed E-state index contributed by atoms with van der Waals surface area (Å²) in [5, 5.41) is 20.0. The Morgan fingerprint density at radius 2 is 0.679 bits per heavy atom. The van der Waals surface area contributed by atoms with E-state index in [0.29, 0.717) is 35.6 Å². The summed E-state index contributed by atoms with van der Waals surface area (Å²) in [5.41, 5.74) is 16.3. The zero-order valence-electron chi connectivity index (χ0n) is 80.6. The summed E-state index contributed by atoms with van der Waals surface area (Å²) in [6, 6.07) is 76.5. The van der Waals surface area contributed by atoms with Crippen LogP contribution in [0.5, 0.6) is 11.5 Å². The molecule has 3 heterocycles. The summed E-state index contributed by atoms with van der Waals surface area (Å²) < 4.78 is 37.4. The van der Waals surface area contributed by atoms with Crippen LogP contribution in [0.2, 0.25) is 26.6 Å². The van der Waals surface area contributed by atoms with Gasteiger partial charge in [0.05, 0.1) is 11.1 Å². The Kier molecular flexibility index (Phi) is 66.0. The number of nitrogens with zero attached hydrogens (tertiary/aromatic N) is 5. The molecule has 0 amide bonds. The molecule has 0 aliphatic rings. The zero-order chi connectivity index (χ0) is 95.2. The number of aromatic hydroxyl groups is 1. The van der Waals surface area contributed by atoms with Crippen molar-refractivity contribution < 1.29 is 72.8 Å². The van der Waals surface area contributed by atoms with Crippen LogP contribution in [0.25, 0.3) is 66.9 Å². The molecule has 704 valence electrons. The summed E-state index contributed by atoms with van der Waals surface area (Å²) in [6.07, 6.45) is 19.1. The third-order valence-electron chi connectivity index (χ3n) is 20.6. The van der Waals surface area contributed by atoms with Gasteiger partial charge < -0.3 is 58.2 Å². The van der Waals surface area contributed by atoms with E-state index < -0.39 is 39.5 Å². The molecule has 13 rings (SSSR count). The third-order valence-corrected chi connectivity index (χ3v) is 41.2. The number of hydrogen-bond acceptors (Lipinski definition) is 14. The fraction of sp³-hybridized carbons (Fsp3) is 0.364. The van der Waals surface area contributed by atoms with Crippen LogP contribution in [0.15, 0.2) is 257 Å². The molecule has 3 aromatic heterocycles. The van der Waals surface area contributed by atoms with Crippen molar-refractivity contribution in [3.8, 4) is 45.5 Å². The Labute approximate surface area is 888 Å². The van der Waals surface area contributed by atoms with Crippen molar-refractivity contribution in [2.24, 2.45) is 0 Å². The van der Waals surface area contributed by atoms with Crippen molar-refractivity contribution >= 4 is 233 Å². The minimum Gasteiger partial charge on any atom is -0.870 e. The number of rotatable bonds is 32. The third kappa shape index (κ3) is 46.9. The Morgan fingerprint density at radius 3 is 1.01 bits per heavy atom. The first-order valence-electron chi connectivity index (χ1n) is 44.6. The molecule has 14 nitrogen and oxygen atoms in total. The number of hydrogen-bond donors (Lipinski definition) is 2. The summed E-state index contributed by atoms with van der Waals surface area (Å²) in [5.74, 6) is 3.93. The van der Waals surface area contributed by atoms with Crippen LogP contribution in [0.1, 0.15) is 163 Å². The SMILES string of the molecule is CCC[CH2][Sn]([CH2]CCC)[CH2]CCC.CCC[CH2][Sn]([CH2]CCC)[CH2]CCC.CCO.CN(C)c1ccc(-c2cc3ccc(Br)cc3o2)cc1.CN(C)c1ccc(-c2cc3ccc(I)cc3o2)cc1.CN(C)c1ccc(CCl)cc1.CN(C)c1ccc(COc2cc(Br)ccc2C=O)cc1.Cc1ccc2cc(-c3ccc(N(C)C)cc3)oc2c1.II.O=Cc1ccc(Br)cc1O.[Na+].[OH-]. The van der Waals surface area contributed by atoms with Gasteiger partial charge in [-0.15, -0.1) is 11.6 Å². The maximum absolute atomic E-state index is 11.0. The summed E-state index contributed by atoms with van der Waals surface area (Å²) >= 11 is 20.5. The number of carbonyl (C=O) groups is 2.